The molecule has 0 bridgehead atoms. The minimum absolute atomic E-state index is 0.00249. The Morgan fingerprint density at radius 2 is 2.03 bits per heavy atom. The van der Waals surface area contributed by atoms with Crippen molar-refractivity contribution in [2.75, 3.05) is 36.5 Å². The van der Waals surface area contributed by atoms with Gasteiger partial charge in [-0.1, -0.05) is 12.1 Å². The van der Waals surface area contributed by atoms with E-state index in [0.717, 1.165) is 41.3 Å². The van der Waals surface area contributed by atoms with Crippen LogP contribution >= 0.6 is 0 Å². The molecule has 170 valence electrons. The van der Waals surface area contributed by atoms with E-state index in [1.807, 2.05) is 30.3 Å². The molecule has 0 radical (unpaired) electrons. The van der Waals surface area contributed by atoms with Gasteiger partial charge in [-0.2, -0.15) is 0 Å². The van der Waals surface area contributed by atoms with Crippen molar-refractivity contribution < 1.29 is 13.9 Å². The highest BCUT2D eigenvalue weighted by atomic mass is 19.1. The van der Waals surface area contributed by atoms with Crippen molar-refractivity contribution in [3.8, 4) is 5.75 Å². The molecule has 0 spiro atoms. The van der Waals surface area contributed by atoms with Gasteiger partial charge in [-0.15, -0.1) is 0 Å². The predicted octanol–water partition coefficient (Wildman–Crippen LogP) is 3.41. The number of carbonyl (C=O) groups excluding carboxylic acids is 1. The molecule has 1 amide bonds. The molecular formula is C26H27FN4O2. The zero-order chi connectivity index (χ0) is 22.8. The number of piperazine rings is 1. The third kappa shape index (κ3) is 4.35. The normalized spacial score (nSPS) is 19.5. The van der Waals surface area contributed by atoms with Crippen LogP contribution < -0.4 is 19.9 Å². The van der Waals surface area contributed by atoms with E-state index in [1.165, 1.54) is 12.1 Å². The molecule has 1 fully saturated rings. The fourth-order valence-corrected chi connectivity index (χ4v) is 4.91. The van der Waals surface area contributed by atoms with Gasteiger partial charge < -0.3 is 19.9 Å². The van der Waals surface area contributed by atoms with Crippen LogP contribution in [0.4, 0.5) is 15.8 Å². The van der Waals surface area contributed by atoms with Crippen LogP contribution in [-0.4, -0.2) is 43.7 Å². The quantitative estimate of drug-likeness (QED) is 0.651. The van der Waals surface area contributed by atoms with E-state index >= 15 is 0 Å². The zero-order valence-electron chi connectivity index (χ0n) is 18.6. The molecule has 2 atom stereocenters. The van der Waals surface area contributed by atoms with Gasteiger partial charge in [0, 0.05) is 56.0 Å². The Bertz CT molecular complexity index is 1120. The Kier molecular flexibility index (Phi) is 5.86. The monoisotopic (exact) mass is 446 g/mol. The summed E-state index contributed by atoms with van der Waals surface area (Å²) in [5.74, 6) is 0.402. The molecule has 0 aliphatic carbocycles. The van der Waals surface area contributed by atoms with Crippen molar-refractivity contribution in [1.29, 1.82) is 0 Å². The number of amides is 1. The summed E-state index contributed by atoms with van der Waals surface area (Å²) in [6, 6.07) is 16.5. The molecule has 1 saturated heterocycles. The average Bonchev–Trinajstić information content (AvgIpc) is 2.87. The average molecular weight is 447 g/mol. The first-order chi connectivity index (χ1) is 16.1. The summed E-state index contributed by atoms with van der Waals surface area (Å²) >= 11 is 0. The summed E-state index contributed by atoms with van der Waals surface area (Å²) < 4.78 is 18.9. The highest BCUT2D eigenvalue weighted by molar-refractivity contribution is 5.82. The third-order valence-corrected chi connectivity index (χ3v) is 6.64. The molecule has 1 N–H and O–H groups in total. The van der Waals surface area contributed by atoms with Crippen molar-refractivity contribution in [3.63, 3.8) is 0 Å². The van der Waals surface area contributed by atoms with Gasteiger partial charge in [-0.05, 0) is 53.9 Å². The maximum Gasteiger partial charge on any atom is 0.225 e. The molecule has 0 saturated carbocycles. The van der Waals surface area contributed by atoms with E-state index in [1.54, 1.807) is 19.5 Å². The number of methoxy groups -OCH3 is 1. The second kappa shape index (κ2) is 9.10. The van der Waals surface area contributed by atoms with Crippen LogP contribution in [-0.2, 0) is 17.8 Å². The van der Waals surface area contributed by atoms with Crippen LogP contribution in [0.15, 0.2) is 67.0 Å². The molecule has 2 aliphatic heterocycles. The number of hydrogen-bond acceptors (Lipinski definition) is 5. The Morgan fingerprint density at radius 3 is 2.79 bits per heavy atom. The standard InChI is InChI=1S/C26H27FN4O2/c1-33-22-9-4-19-13-23(26(32)29-16-18-3-2-10-28-15-18)25-17-30(11-12-31(25)24(19)14-22)21-7-5-20(27)6-8-21/h2-10,14-15,23,25H,11-13,16-17H2,1H3,(H,29,32)/t23-,25+/m0/s1. The first-order valence-electron chi connectivity index (χ1n) is 11.2. The predicted molar refractivity (Wildman–Crippen MR) is 126 cm³/mol. The number of nitrogens with zero attached hydrogens (tertiary/aromatic N) is 3. The number of anilines is 2. The molecule has 3 aromatic rings. The molecule has 0 unspecified atom stereocenters. The Morgan fingerprint density at radius 1 is 1.18 bits per heavy atom. The maximum atomic E-state index is 13.5. The first kappa shape index (κ1) is 21.2. The minimum Gasteiger partial charge on any atom is -0.497 e. The van der Waals surface area contributed by atoms with Crippen molar-refractivity contribution in [2.45, 2.75) is 19.0 Å². The Labute approximate surface area is 193 Å². The molecule has 2 aromatic carbocycles. The number of benzene rings is 2. The largest absolute Gasteiger partial charge is 0.497 e. The van der Waals surface area contributed by atoms with Gasteiger partial charge in [-0.3, -0.25) is 9.78 Å². The number of halogens is 1. The number of aromatic nitrogens is 1. The first-order valence-corrected chi connectivity index (χ1v) is 11.2. The topological polar surface area (TPSA) is 57.7 Å². The lowest BCUT2D eigenvalue weighted by atomic mass is 9.83. The maximum absolute atomic E-state index is 13.5. The molecule has 2 aliphatic rings. The second-order valence-electron chi connectivity index (χ2n) is 8.57. The summed E-state index contributed by atoms with van der Waals surface area (Å²) in [6.45, 7) is 2.71. The van der Waals surface area contributed by atoms with Gasteiger partial charge in [0.15, 0.2) is 0 Å². The van der Waals surface area contributed by atoms with Crippen LogP contribution in [0.2, 0.25) is 0 Å². The summed E-state index contributed by atoms with van der Waals surface area (Å²) in [6.07, 6.45) is 4.16. The molecular weight excluding hydrogens is 419 g/mol. The third-order valence-electron chi connectivity index (χ3n) is 6.64. The fraction of sp³-hybridized carbons (Fsp3) is 0.308. The van der Waals surface area contributed by atoms with Crippen molar-refractivity contribution in [3.05, 3.63) is 83.9 Å². The van der Waals surface area contributed by atoms with Crippen LogP contribution in [0.5, 0.6) is 5.75 Å². The molecule has 1 aromatic heterocycles. The highest BCUT2D eigenvalue weighted by Gasteiger charge is 2.41. The van der Waals surface area contributed by atoms with Crippen LogP contribution in [0.3, 0.4) is 0 Å². The number of pyridine rings is 1. The number of carbonyl (C=O) groups is 1. The second-order valence-corrected chi connectivity index (χ2v) is 8.57. The fourth-order valence-electron chi connectivity index (χ4n) is 4.91. The zero-order valence-corrected chi connectivity index (χ0v) is 18.6. The van der Waals surface area contributed by atoms with Gasteiger partial charge >= 0.3 is 0 Å². The minimum atomic E-state index is -0.247. The Hall–Kier alpha value is -3.61. The van der Waals surface area contributed by atoms with Gasteiger partial charge in [-0.25, -0.2) is 4.39 Å². The van der Waals surface area contributed by atoms with E-state index in [2.05, 4.69) is 32.2 Å². The van der Waals surface area contributed by atoms with Crippen molar-refractivity contribution in [2.24, 2.45) is 5.92 Å². The highest BCUT2D eigenvalue weighted by Crippen LogP contribution is 2.39. The molecule has 7 heteroatoms. The molecule has 33 heavy (non-hydrogen) atoms. The van der Waals surface area contributed by atoms with Crippen molar-refractivity contribution >= 4 is 17.3 Å². The van der Waals surface area contributed by atoms with E-state index in [4.69, 9.17) is 4.74 Å². The number of fused-ring (bicyclic) bond motifs is 3. The van der Waals surface area contributed by atoms with E-state index in [9.17, 15) is 9.18 Å². The van der Waals surface area contributed by atoms with Crippen LogP contribution in [0.25, 0.3) is 0 Å². The summed E-state index contributed by atoms with van der Waals surface area (Å²) in [4.78, 5) is 22.1. The van der Waals surface area contributed by atoms with Gasteiger partial charge in [0.2, 0.25) is 5.91 Å². The summed E-state index contributed by atoms with van der Waals surface area (Å²) in [5.41, 5.74) is 4.24. The van der Waals surface area contributed by atoms with Crippen molar-refractivity contribution in [1.82, 2.24) is 10.3 Å². The number of nitrogens with one attached hydrogen (secondary N) is 1. The van der Waals surface area contributed by atoms with E-state index < -0.39 is 0 Å². The van der Waals surface area contributed by atoms with Crippen LogP contribution in [0, 0.1) is 11.7 Å². The molecule has 5 rings (SSSR count). The number of ether oxygens (including phenoxy) is 1. The van der Waals surface area contributed by atoms with Gasteiger partial charge in [0.25, 0.3) is 0 Å². The van der Waals surface area contributed by atoms with Gasteiger partial charge in [0.1, 0.15) is 11.6 Å². The van der Waals surface area contributed by atoms with E-state index in [-0.39, 0.29) is 23.7 Å². The smallest absolute Gasteiger partial charge is 0.225 e. The van der Waals surface area contributed by atoms with Crippen LogP contribution in [0.1, 0.15) is 11.1 Å². The number of rotatable bonds is 5. The lowest BCUT2D eigenvalue weighted by Gasteiger charge is -2.49. The summed E-state index contributed by atoms with van der Waals surface area (Å²) in [5, 5.41) is 3.12. The Balaban J connectivity index is 1.42. The van der Waals surface area contributed by atoms with Gasteiger partial charge in [0.05, 0.1) is 19.1 Å². The van der Waals surface area contributed by atoms with E-state index in [0.29, 0.717) is 19.5 Å². The SMILES string of the molecule is COc1ccc2c(c1)N1CCN(c3ccc(F)cc3)C[C@@H]1[C@@H](C(=O)NCc1cccnc1)C2. The lowest BCUT2D eigenvalue weighted by Crippen LogP contribution is -2.61. The summed E-state index contributed by atoms with van der Waals surface area (Å²) in [7, 11) is 1.67. The molecule has 6 nitrogen and oxygen atoms in total. The number of hydrogen-bond donors (Lipinski definition) is 1. The lowest BCUT2D eigenvalue weighted by molar-refractivity contribution is -0.126. The molecule has 3 heterocycles.